The van der Waals surface area contributed by atoms with Gasteiger partial charge in [-0.25, -0.2) is 8.42 Å². The fourth-order valence-corrected chi connectivity index (χ4v) is 3.81. The molecule has 5 nitrogen and oxygen atoms in total. The Morgan fingerprint density at radius 1 is 1.08 bits per heavy atom. The first-order valence-corrected chi connectivity index (χ1v) is 9.93. The number of aryl methyl sites for hydroxylation is 2. The summed E-state index contributed by atoms with van der Waals surface area (Å²) in [6.45, 7) is 5.85. The minimum Gasteiger partial charge on any atom is -0.350 e. The fourth-order valence-electron chi connectivity index (χ4n) is 2.64. The van der Waals surface area contributed by atoms with Crippen molar-refractivity contribution in [2.45, 2.75) is 33.4 Å². The molecule has 0 saturated carbocycles. The van der Waals surface area contributed by atoms with E-state index in [9.17, 15) is 13.2 Å². The number of nitrogens with one attached hydrogen (secondary N) is 1. The Morgan fingerprint density at radius 3 is 2.24 bits per heavy atom. The summed E-state index contributed by atoms with van der Waals surface area (Å²) in [6, 6.07) is 14.0. The zero-order chi connectivity index (χ0) is 18.6. The Kier molecular flexibility index (Phi) is 5.85. The predicted molar refractivity (Wildman–Crippen MR) is 101 cm³/mol. The molecule has 0 aliphatic heterocycles. The molecule has 0 bridgehead atoms. The van der Waals surface area contributed by atoms with E-state index in [4.69, 9.17) is 0 Å². The Morgan fingerprint density at radius 2 is 1.68 bits per heavy atom. The van der Waals surface area contributed by atoms with Crippen molar-refractivity contribution in [3.8, 4) is 0 Å². The van der Waals surface area contributed by atoms with Crippen molar-refractivity contribution in [3.05, 3.63) is 65.2 Å². The first-order valence-electron chi connectivity index (χ1n) is 8.08. The third-order valence-corrected chi connectivity index (χ3v) is 5.33. The lowest BCUT2D eigenvalue weighted by Crippen LogP contribution is -2.47. The Labute approximate surface area is 149 Å². The number of amides is 1. The second kappa shape index (κ2) is 7.70. The monoisotopic (exact) mass is 360 g/mol. The quantitative estimate of drug-likeness (QED) is 0.861. The molecule has 0 aromatic heterocycles. The van der Waals surface area contributed by atoms with Gasteiger partial charge in [0.25, 0.3) is 0 Å². The maximum atomic E-state index is 12.5. The average Bonchev–Trinajstić information content (AvgIpc) is 2.54. The van der Waals surface area contributed by atoms with Crippen LogP contribution < -0.4 is 9.62 Å². The summed E-state index contributed by atoms with van der Waals surface area (Å²) < 4.78 is 25.6. The van der Waals surface area contributed by atoms with Gasteiger partial charge in [0, 0.05) is 6.54 Å². The molecule has 0 aliphatic rings. The first kappa shape index (κ1) is 19.0. The minimum atomic E-state index is -3.59. The van der Waals surface area contributed by atoms with Gasteiger partial charge >= 0.3 is 0 Å². The molecule has 1 unspecified atom stereocenters. The Balaban J connectivity index is 2.18. The van der Waals surface area contributed by atoms with E-state index < -0.39 is 16.1 Å². The maximum Gasteiger partial charge on any atom is 0.243 e. The van der Waals surface area contributed by atoms with Crippen molar-refractivity contribution in [2.24, 2.45) is 0 Å². The molecule has 2 rings (SSSR count). The number of benzene rings is 2. The van der Waals surface area contributed by atoms with Crippen LogP contribution in [0.15, 0.2) is 48.5 Å². The minimum absolute atomic E-state index is 0.339. The van der Waals surface area contributed by atoms with Crippen LogP contribution in [0.4, 0.5) is 5.69 Å². The molecule has 1 amide bonds. The molecule has 2 aromatic rings. The summed E-state index contributed by atoms with van der Waals surface area (Å²) in [5.74, 6) is -0.339. The van der Waals surface area contributed by atoms with Crippen molar-refractivity contribution in [3.63, 3.8) is 0 Å². The summed E-state index contributed by atoms with van der Waals surface area (Å²) in [4.78, 5) is 12.5. The Hall–Kier alpha value is -2.34. The van der Waals surface area contributed by atoms with Crippen LogP contribution in [0.2, 0.25) is 0 Å². The molecule has 0 heterocycles. The molecule has 0 fully saturated rings. The highest BCUT2D eigenvalue weighted by Crippen LogP contribution is 2.21. The molecule has 0 saturated heterocycles. The van der Waals surface area contributed by atoms with Crippen LogP contribution in [0, 0.1) is 13.8 Å². The van der Waals surface area contributed by atoms with Gasteiger partial charge in [-0.3, -0.25) is 9.10 Å². The molecule has 0 aliphatic carbocycles. The molecule has 6 heteroatoms. The van der Waals surface area contributed by atoms with Crippen LogP contribution in [0.25, 0.3) is 0 Å². The van der Waals surface area contributed by atoms with Crippen LogP contribution in [0.1, 0.15) is 23.6 Å². The number of anilines is 1. The predicted octanol–water partition coefficient (Wildman–Crippen LogP) is 2.77. The van der Waals surface area contributed by atoms with Crippen molar-refractivity contribution in [1.29, 1.82) is 0 Å². The largest absolute Gasteiger partial charge is 0.350 e. The third-order valence-electron chi connectivity index (χ3n) is 4.09. The van der Waals surface area contributed by atoms with Gasteiger partial charge in [0.15, 0.2) is 0 Å². The normalized spacial score (nSPS) is 12.5. The van der Waals surface area contributed by atoms with Crippen molar-refractivity contribution in [2.75, 3.05) is 10.6 Å². The summed E-state index contributed by atoms with van der Waals surface area (Å²) in [5, 5.41) is 2.83. The van der Waals surface area contributed by atoms with E-state index in [0.29, 0.717) is 12.2 Å². The van der Waals surface area contributed by atoms with Crippen LogP contribution in [0.3, 0.4) is 0 Å². The second-order valence-electron chi connectivity index (χ2n) is 6.21. The van der Waals surface area contributed by atoms with Gasteiger partial charge in [-0.1, -0.05) is 42.0 Å². The van der Waals surface area contributed by atoms with E-state index in [-0.39, 0.29) is 5.91 Å². The van der Waals surface area contributed by atoms with Gasteiger partial charge < -0.3 is 5.32 Å². The van der Waals surface area contributed by atoms with Gasteiger partial charge in [-0.15, -0.1) is 0 Å². The molecule has 0 radical (unpaired) electrons. The van der Waals surface area contributed by atoms with Crippen LogP contribution in [-0.2, 0) is 21.4 Å². The van der Waals surface area contributed by atoms with E-state index in [1.165, 1.54) is 0 Å². The van der Waals surface area contributed by atoms with E-state index in [1.54, 1.807) is 19.1 Å². The molecule has 1 atom stereocenters. The van der Waals surface area contributed by atoms with E-state index >= 15 is 0 Å². The van der Waals surface area contributed by atoms with E-state index in [1.807, 2.05) is 50.2 Å². The summed E-state index contributed by atoms with van der Waals surface area (Å²) in [7, 11) is -3.59. The molecule has 25 heavy (non-hydrogen) atoms. The van der Waals surface area contributed by atoms with Gasteiger partial charge in [-0.2, -0.15) is 0 Å². The highest BCUT2D eigenvalue weighted by atomic mass is 32.2. The number of sulfonamides is 1. The number of carbonyl (C=O) groups is 1. The zero-order valence-electron chi connectivity index (χ0n) is 15.0. The van der Waals surface area contributed by atoms with Crippen LogP contribution in [-0.4, -0.2) is 26.6 Å². The molecule has 134 valence electrons. The maximum absolute atomic E-state index is 12.5. The molecule has 0 spiro atoms. The van der Waals surface area contributed by atoms with E-state index in [0.717, 1.165) is 27.3 Å². The highest BCUT2D eigenvalue weighted by molar-refractivity contribution is 7.92. The fraction of sp³-hybridized carbons (Fsp3) is 0.316. The number of rotatable bonds is 6. The zero-order valence-corrected chi connectivity index (χ0v) is 15.8. The molecular weight excluding hydrogens is 336 g/mol. The van der Waals surface area contributed by atoms with Gasteiger partial charge in [0.05, 0.1) is 11.9 Å². The van der Waals surface area contributed by atoms with Gasteiger partial charge in [0.2, 0.25) is 15.9 Å². The lowest BCUT2D eigenvalue weighted by Gasteiger charge is -2.28. The topological polar surface area (TPSA) is 66.5 Å². The molecular formula is C19H24N2O3S. The van der Waals surface area contributed by atoms with Crippen molar-refractivity contribution < 1.29 is 13.2 Å². The lowest BCUT2D eigenvalue weighted by molar-refractivity contribution is -0.122. The van der Waals surface area contributed by atoms with Crippen molar-refractivity contribution in [1.82, 2.24) is 5.32 Å². The average molecular weight is 360 g/mol. The summed E-state index contributed by atoms with van der Waals surface area (Å²) >= 11 is 0. The number of nitrogens with zero attached hydrogens (tertiary/aromatic N) is 1. The SMILES string of the molecule is Cc1ccc(N(C(C)C(=O)NCc2ccccc2C)S(C)(=O)=O)cc1. The molecule has 2 aromatic carbocycles. The van der Waals surface area contributed by atoms with Gasteiger partial charge in [-0.05, 0) is 44.0 Å². The summed E-state index contributed by atoms with van der Waals surface area (Å²) in [5.41, 5.74) is 3.58. The summed E-state index contributed by atoms with van der Waals surface area (Å²) in [6.07, 6.45) is 1.11. The van der Waals surface area contributed by atoms with Crippen molar-refractivity contribution >= 4 is 21.6 Å². The highest BCUT2D eigenvalue weighted by Gasteiger charge is 2.28. The second-order valence-corrected chi connectivity index (χ2v) is 8.07. The smallest absolute Gasteiger partial charge is 0.243 e. The van der Waals surface area contributed by atoms with E-state index in [2.05, 4.69) is 5.32 Å². The first-order chi connectivity index (χ1) is 11.7. The number of hydrogen-bond acceptors (Lipinski definition) is 3. The number of carbonyl (C=O) groups excluding carboxylic acids is 1. The van der Waals surface area contributed by atoms with Gasteiger partial charge in [0.1, 0.15) is 6.04 Å². The third kappa shape index (κ3) is 4.82. The number of hydrogen-bond donors (Lipinski definition) is 1. The van der Waals surface area contributed by atoms with Crippen LogP contribution >= 0.6 is 0 Å². The standard InChI is InChI=1S/C19H24N2O3S/c1-14-9-11-18(12-10-14)21(25(4,23)24)16(3)19(22)20-13-17-8-6-5-7-15(17)2/h5-12,16H,13H2,1-4H3,(H,20,22). The lowest BCUT2D eigenvalue weighted by atomic mass is 10.1. The molecule has 1 N–H and O–H groups in total. The Bertz CT molecular complexity index is 845. The van der Waals surface area contributed by atoms with Crippen LogP contribution in [0.5, 0.6) is 0 Å².